The first kappa shape index (κ1) is 56.6. The maximum Gasteiger partial charge on any atom is 0.220 e. The van der Waals surface area contributed by atoms with E-state index >= 15 is 0 Å². The van der Waals surface area contributed by atoms with Gasteiger partial charge < -0.3 is 15.5 Å². The van der Waals surface area contributed by atoms with Gasteiger partial charge in [0, 0.05) is 6.42 Å². The molecule has 342 valence electrons. The predicted octanol–water partition coefficient (Wildman–Crippen LogP) is 16.9. The quantitative estimate of drug-likeness (QED) is 0.0423. The zero-order chi connectivity index (χ0) is 42.1. The van der Waals surface area contributed by atoms with E-state index in [2.05, 4.69) is 43.5 Å². The standard InChI is InChI=1S/C54H103NO3/c1-3-5-7-9-11-13-15-17-19-20-21-22-23-24-25-26-27-28-29-30-31-32-33-34-36-38-40-42-44-46-48-50-54(58)55-52(51-56)53(57)49-47-45-43-41-39-37-35-18-16-14-12-10-8-6-4-2/h21-22,24-25,47,49,52-53,56-57H,3-20,23,26-46,48,50-51H2,1-2H3,(H,55,58)/b22-21-,25-24-,49-47+. The summed E-state index contributed by atoms with van der Waals surface area (Å²) in [4.78, 5) is 12.4. The lowest BCUT2D eigenvalue weighted by Gasteiger charge is -2.20. The summed E-state index contributed by atoms with van der Waals surface area (Å²) in [7, 11) is 0. The van der Waals surface area contributed by atoms with Crippen LogP contribution in [0.25, 0.3) is 0 Å². The van der Waals surface area contributed by atoms with E-state index in [-0.39, 0.29) is 12.5 Å². The Labute approximate surface area is 363 Å². The van der Waals surface area contributed by atoms with Gasteiger partial charge in [-0.3, -0.25) is 4.79 Å². The minimum atomic E-state index is -0.838. The van der Waals surface area contributed by atoms with Gasteiger partial charge in [0.05, 0.1) is 18.8 Å². The summed E-state index contributed by atoms with van der Waals surface area (Å²) in [5.41, 5.74) is 0. The van der Waals surface area contributed by atoms with Gasteiger partial charge in [0.2, 0.25) is 5.91 Å². The number of nitrogens with one attached hydrogen (secondary N) is 1. The van der Waals surface area contributed by atoms with Crippen LogP contribution in [-0.2, 0) is 4.79 Å². The lowest BCUT2D eigenvalue weighted by Crippen LogP contribution is -2.45. The summed E-state index contributed by atoms with van der Waals surface area (Å²) in [6, 6.07) is -0.621. The van der Waals surface area contributed by atoms with Crippen LogP contribution in [0.3, 0.4) is 0 Å². The number of amides is 1. The Kier molecular flexibility index (Phi) is 48.8. The monoisotopic (exact) mass is 814 g/mol. The second-order valence-corrected chi connectivity index (χ2v) is 17.9. The summed E-state index contributed by atoms with van der Waals surface area (Å²) >= 11 is 0. The van der Waals surface area contributed by atoms with Crippen molar-refractivity contribution in [1.82, 2.24) is 5.32 Å². The predicted molar refractivity (Wildman–Crippen MR) is 258 cm³/mol. The van der Waals surface area contributed by atoms with Crippen LogP contribution < -0.4 is 5.32 Å². The molecule has 1 amide bonds. The van der Waals surface area contributed by atoms with Crippen LogP contribution in [-0.4, -0.2) is 34.9 Å². The molecule has 0 heterocycles. The minimum absolute atomic E-state index is 0.0617. The van der Waals surface area contributed by atoms with Crippen LogP contribution in [0.1, 0.15) is 284 Å². The molecule has 4 nitrogen and oxygen atoms in total. The van der Waals surface area contributed by atoms with E-state index in [1.54, 1.807) is 6.08 Å². The van der Waals surface area contributed by atoms with Gasteiger partial charge in [0.1, 0.15) is 0 Å². The SMILES string of the molecule is CCCCCCCCCCC/C=C\C/C=C\CCCCCCCCCCCCCCCCCC(=O)NC(CO)C(O)/C=C/CCCCCCCCCCCCCCC. The van der Waals surface area contributed by atoms with E-state index < -0.39 is 12.1 Å². The molecule has 0 aromatic carbocycles. The average Bonchev–Trinajstić information content (AvgIpc) is 3.23. The van der Waals surface area contributed by atoms with E-state index in [1.165, 1.54) is 231 Å². The number of rotatable bonds is 48. The molecular weight excluding hydrogens is 711 g/mol. The lowest BCUT2D eigenvalue weighted by molar-refractivity contribution is -0.123. The Morgan fingerprint density at radius 1 is 0.414 bits per heavy atom. The molecule has 0 rings (SSSR count). The molecule has 0 aliphatic heterocycles. The van der Waals surface area contributed by atoms with Crippen molar-refractivity contribution in [3.63, 3.8) is 0 Å². The fraction of sp³-hybridized carbons (Fsp3) is 0.870. The molecule has 0 aliphatic rings. The van der Waals surface area contributed by atoms with Crippen LogP contribution >= 0.6 is 0 Å². The van der Waals surface area contributed by atoms with Gasteiger partial charge in [0.25, 0.3) is 0 Å². The fourth-order valence-electron chi connectivity index (χ4n) is 8.09. The van der Waals surface area contributed by atoms with Crippen molar-refractivity contribution in [3.05, 3.63) is 36.5 Å². The molecule has 0 radical (unpaired) electrons. The highest BCUT2D eigenvalue weighted by Gasteiger charge is 2.18. The number of aliphatic hydroxyl groups excluding tert-OH is 2. The van der Waals surface area contributed by atoms with Gasteiger partial charge in [0.15, 0.2) is 0 Å². The van der Waals surface area contributed by atoms with Crippen LogP contribution in [0, 0.1) is 0 Å². The second kappa shape index (κ2) is 50.0. The van der Waals surface area contributed by atoms with Gasteiger partial charge >= 0.3 is 0 Å². The Bertz CT molecular complexity index is 882. The van der Waals surface area contributed by atoms with Crippen LogP contribution in [0.4, 0.5) is 0 Å². The largest absolute Gasteiger partial charge is 0.394 e. The van der Waals surface area contributed by atoms with Crippen molar-refractivity contribution in [2.45, 2.75) is 296 Å². The third kappa shape index (κ3) is 45.7. The van der Waals surface area contributed by atoms with Gasteiger partial charge in [-0.05, 0) is 51.4 Å². The number of aliphatic hydroxyl groups is 2. The van der Waals surface area contributed by atoms with Crippen molar-refractivity contribution in [3.8, 4) is 0 Å². The zero-order valence-electron chi connectivity index (χ0n) is 39.3. The molecule has 2 atom stereocenters. The Morgan fingerprint density at radius 2 is 0.707 bits per heavy atom. The molecule has 0 aromatic rings. The lowest BCUT2D eigenvalue weighted by atomic mass is 10.0. The van der Waals surface area contributed by atoms with Gasteiger partial charge in [-0.25, -0.2) is 0 Å². The van der Waals surface area contributed by atoms with E-state index in [4.69, 9.17) is 0 Å². The van der Waals surface area contributed by atoms with Gasteiger partial charge in [-0.2, -0.15) is 0 Å². The zero-order valence-corrected chi connectivity index (χ0v) is 39.3. The summed E-state index contributed by atoms with van der Waals surface area (Å²) in [6.45, 7) is 4.33. The second-order valence-electron chi connectivity index (χ2n) is 17.9. The molecule has 2 unspecified atom stereocenters. The van der Waals surface area contributed by atoms with Crippen molar-refractivity contribution in [2.24, 2.45) is 0 Å². The van der Waals surface area contributed by atoms with Gasteiger partial charge in [-0.15, -0.1) is 0 Å². The van der Waals surface area contributed by atoms with Crippen LogP contribution in [0.5, 0.6) is 0 Å². The Morgan fingerprint density at radius 3 is 1.03 bits per heavy atom. The van der Waals surface area contributed by atoms with Crippen molar-refractivity contribution >= 4 is 5.91 Å². The number of allylic oxidation sites excluding steroid dienone is 5. The molecule has 0 aliphatic carbocycles. The topological polar surface area (TPSA) is 69.6 Å². The first-order chi connectivity index (χ1) is 28.7. The smallest absolute Gasteiger partial charge is 0.220 e. The highest BCUT2D eigenvalue weighted by atomic mass is 16.3. The van der Waals surface area contributed by atoms with Crippen molar-refractivity contribution in [1.29, 1.82) is 0 Å². The summed E-state index contributed by atoms with van der Waals surface area (Å²) in [5.74, 6) is -0.0617. The molecule has 0 saturated heterocycles. The molecule has 4 heteroatoms. The third-order valence-corrected chi connectivity index (χ3v) is 12.1. The molecule has 3 N–H and O–H groups in total. The normalized spacial score (nSPS) is 13.1. The van der Waals surface area contributed by atoms with Crippen LogP contribution in [0.2, 0.25) is 0 Å². The molecular formula is C54H103NO3. The minimum Gasteiger partial charge on any atom is -0.394 e. The number of carbonyl (C=O) groups is 1. The van der Waals surface area contributed by atoms with E-state index in [0.717, 1.165) is 32.1 Å². The third-order valence-electron chi connectivity index (χ3n) is 12.1. The first-order valence-corrected chi connectivity index (χ1v) is 26.2. The molecule has 58 heavy (non-hydrogen) atoms. The summed E-state index contributed by atoms with van der Waals surface area (Å²) in [6.07, 6.45) is 67.2. The van der Waals surface area contributed by atoms with Gasteiger partial charge in [-0.1, -0.05) is 262 Å². The summed E-state index contributed by atoms with van der Waals surface area (Å²) < 4.78 is 0. The Hall–Kier alpha value is -1.39. The maximum absolute atomic E-state index is 12.4. The molecule has 0 saturated carbocycles. The molecule has 0 fully saturated rings. The van der Waals surface area contributed by atoms with E-state index in [0.29, 0.717) is 6.42 Å². The number of unbranched alkanes of at least 4 members (excludes halogenated alkanes) is 37. The van der Waals surface area contributed by atoms with E-state index in [1.807, 2.05) is 6.08 Å². The highest BCUT2D eigenvalue weighted by Crippen LogP contribution is 2.16. The van der Waals surface area contributed by atoms with Crippen molar-refractivity contribution < 1.29 is 15.0 Å². The van der Waals surface area contributed by atoms with Crippen molar-refractivity contribution in [2.75, 3.05) is 6.61 Å². The number of hydrogen-bond acceptors (Lipinski definition) is 3. The van der Waals surface area contributed by atoms with Crippen LogP contribution in [0.15, 0.2) is 36.5 Å². The molecule has 0 aromatic heterocycles. The molecule has 0 bridgehead atoms. The first-order valence-electron chi connectivity index (χ1n) is 26.2. The van der Waals surface area contributed by atoms with E-state index in [9.17, 15) is 15.0 Å². The maximum atomic E-state index is 12.4. The fourth-order valence-corrected chi connectivity index (χ4v) is 8.09. The molecule has 0 spiro atoms. The number of hydrogen-bond donors (Lipinski definition) is 3. The number of carbonyl (C=O) groups excluding carboxylic acids is 1. The average molecular weight is 814 g/mol. The Balaban J connectivity index is 3.47. The highest BCUT2D eigenvalue weighted by molar-refractivity contribution is 5.76. The summed E-state index contributed by atoms with van der Waals surface area (Å²) in [5, 5.41) is 23.1.